The second kappa shape index (κ2) is 7.53. The van der Waals surface area contributed by atoms with Crippen LogP contribution in [0.3, 0.4) is 0 Å². The molecule has 0 unspecified atom stereocenters. The standard InChI is InChI=1S/C18H18ClFN2O3/c1-18(2,12-5-7-13(20)8-6-12)22-17(24)21-15-10-11(16(23)25-3)4-9-14(15)19/h4-10H,1-3H3,(H2,21,22,24). The number of ether oxygens (including phenoxy) is 1. The summed E-state index contributed by atoms with van der Waals surface area (Å²) in [5.41, 5.74) is 0.528. The number of urea groups is 1. The van der Waals surface area contributed by atoms with Crippen LogP contribution in [-0.4, -0.2) is 19.1 Å². The van der Waals surface area contributed by atoms with Crippen LogP contribution in [0.2, 0.25) is 5.02 Å². The molecule has 0 aliphatic heterocycles. The minimum atomic E-state index is -0.746. The number of methoxy groups -OCH3 is 1. The van der Waals surface area contributed by atoms with E-state index in [1.165, 1.54) is 37.4 Å². The van der Waals surface area contributed by atoms with Crippen LogP contribution in [0.1, 0.15) is 29.8 Å². The molecule has 132 valence electrons. The van der Waals surface area contributed by atoms with Crippen molar-refractivity contribution in [1.82, 2.24) is 5.32 Å². The molecule has 0 radical (unpaired) electrons. The molecule has 5 nitrogen and oxygen atoms in total. The number of hydrogen-bond acceptors (Lipinski definition) is 3. The van der Waals surface area contributed by atoms with E-state index < -0.39 is 17.5 Å². The first-order valence-electron chi connectivity index (χ1n) is 7.46. The van der Waals surface area contributed by atoms with Crippen LogP contribution >= 0.6 is 11.6 Å². The van der Waals surface area contributed by atoms with Crippen LogP contribution in [-0.2, 0) is 10.3 Å². The Morgan fingerprint density at radius 3 is 2.36 bits per heavy atom. The van der Waals surface area contributed by atoms with E-state index in [-0.39, 0.29) is 22.1 Å². The number of benzene rings is 2. The van der Waals surface area contributed by atoms with Crippen LogP contribution in [0.15, 0.2) is 42.5 Å². The molecule has 2 aromatic rings. The summed E-state index contributed by atoms with van der Waals surface area (Å²) in [5.74, 6) is -0.887. The topological polar surface area (TPSA) is 67.4 Å². The molecule has 0 atom stereocenters. The lowest BCUT2D eigenvalue weighted by molar-refractivity contribution is 0.0600. The minimum Gasteiger partial charge on any atom is -0.465 e. The first kappa shape index (κ1) is 18.7. The zero-order valence-corrected chi connectivity index (χ0v) is 14.8. The molecule has 2 rings (SSSR count). The highest BCUT2D eigenvalue weighted by Gasteiger charge is 2.23. The lowest BCUT2D eigenvalue weighted by Gasteiger charge is -2.27. The first-order valence-corrected chi connectivity index (χ1v) is 7.84. The number of carbonyl (C=O) groups excluding carboxylic acids is 2. The summed E-state index contributed by atoms with van der Waals surface area (Å²) in [7, 11) is 1.27. The van der Waals surface area contributed by atoms with Crippen molar-refractivity contribution >= 4 is 29.3 Å². The lowest BCUT2D eigenvalue weighted by atomic mass is 9.94. The monoisotopic (exact) mass is 364 g/mol. The average Bonchev–Trinajstić information content (AvgIpc) is 2.56. The maximum absolute atomic E-state index is 13.0. The number of halogens is 2. The highest BCUT2D eigenvalue weighted by atomic mass is 35.5. The van der Waals surface area contributed by atoms with Gasteiger partial charge in [-0.25, -0.2) is 14.0 Å². The van der Waals surface area contributed by atoms with Gasteiger partial charge in [0, 0.05) is 0 Å². The number of rotatable bonds is 4. The van der Waals surface area contributed by atoms with Gasteiger partial charge in [0.2, 0.25) is 0 Å². The van der Waals surface area contributed by atoms with Gasteiger partial charge >= 0.3 is 12.0 Å². The van der Waals surface area contributed by atoms with E-state index in [4.69, 9.17) is 11.6 Å². The van der Waals surface area contributed by atoms with Crippen molar-refractivity contribution in [2.45, 2.75) is 19.4 Å². The molecule has 0 aliphatic rings. The molecule has 2 aromatic carbocycles. The Bertz CT molecular complexity index is 791. The normalized spacial score (nSPS) is 10.9. The molecule has 0 saturated heterocycles. The van der Waals surface area contributed by atoms with Gasteiger partial charge in [0.1, 0.15) is 5.82 Å². The van der Waals surface area contributed by atoms with Crippen LogP contribution < -0.4 is 10.6 Å². The highest BCUT2D eigenvalue weighted by Crippen LogP contribution is 2.25. The second-order valence-electron chi connectivity index (χ2n) is 5.90. The summed E-state index contributed by atoms with van der Waals surface area (Å²) in [5, 5.41) is 5.67. The van der Waals surface area contributed by atoms with Gasteiger partial charge in [-0.15, -0.1) is 0 Å². The SMILES string of the molecule is COC(=O)c1ccc(Cl)c(NC(=O)NC(C)(C)c2ccc(F)cc2)c1. The molecule has 25 heavy (non-hydrogen) atoms. The van der Waals surface area contributed by atoms with E-state index in [9.17, 15) is 14.0 Å². The van der Waals surface area contributed by atoms with E-state index in [0.717, 1.165) is 5.56 Å². The van der Waals surface area contributed by atoms with Crippen LogP contribution in [0.5, 0.6) is 0 Å². The fraction of sp³-hybridized carbons (Fsp3) is 0.222. The predicted molar refractivity (Wildman–Crippen MR) is 94.4 cm³/mol. The third-order valence-corrected chi connectivity index (χ3v) is 3.96. The Hall–Kier alpha value is -2.60. The van der Waals surface area contributed by atoms with E-state index >= 15 is 0 Å². The first-order chi connectivity index (χ1) is 11.7. The summed E-state index contributed by atoms with van der Waals surface area (Å²) in [4.78, 5) is 23.9. The highest BCUT2D eigenvalue weighted by molar-refractivity contribution is 6.33. The zero-order chi connectivity index (χ0) is 18.6. The van der Waals surface area contributed by atoms with Gasteiger partial charge < -0.3 is 15.4 Å². The number of hydrogen-bond donors (Lipinski definition) is 2. The number of esters is 1. The summed E-state index contributed by atoms with van der Waals surface area (Å²) in [6.07, 6.45) is 0. The van der Waals surface area contributed by atoms with Gasteiger partial charge in [0.05, 0.1) is 28.9 Å². The Morgan fingerprint density at radius 1 is 1.12 bits per heavy atom. The molecule has 0 spiro atoms. The lowest BCUT2D eigenvalue weighted by Crippen LogP contribution is -2.43. The second-order valence-corrected chi connectivity index (χ2v) is 6.30. The average molecular weight is 365 g/mol. The quantitative estimate of drug-likeness (QED) is 0.794. The fourth-order valence-electron chi connectivity index (χ4n) is 2.24. The number of carbonyl (C=O) groups is 2. The van der Waals surface area contributed by atoms with Crippen molar-refractivity contribution in [3.63, 3.8) is 0 Å². The van der Waals surface area contributed by atoms with Crippen LogP contribution in [0, 0.1) is 5.82 Å². The van der Waals surface area contributed by atoms with Gasteiger partial charge in [-0.3, -0.25) is 0 Å². The number of anilines is 1. The van der Waals surface area contributed by atoms with Gasteiger partial charge in [0.15, 0.2) is 0 Å². The van der Waals surface area contributed by atoms with Crippen molar-refractivity contribution in [3.8, 4) is 0 Å². The number of amides is 2. The van der Waals surface area contributed by atoms with Crippen molar-refractivity contribution in [3.05, 3.63) is 64.4 Å². The largest absolute Gasteiger partial charge is 0.465 e. The van der Waals surface area contributed by atoms with E-state index in [2.05, 4.69) is 15.4 Å². The van der Waals surface area contributed by atoms with Gasteiger partial charge in [-0.2, -0.15) is 0 Å². The summed E-state index contributed by atoms with van der Waals surface area (Å²) < 4.78 is 17.7. The molecular weight excluding hydrogens is 347 g/mol. The molecule has 0 aromatic heterocycles. The molecule has 2 N–H and O–H groups in total. The molecule has 7 heteroatoms. The molecule has 2 amide bonds. The van der Waals surface area contributed by atoms with Crippen molar-refractivity contribution in [1.29, 1.82) is 0 Å². The van der Waals surface area contributed by atoms with Gasteiger partial charge in [-0.1, -0.05) is 23.7 Å². The Morgan fingerprint density at radius 2 is 1.76 bits per heavy atom. The maximum atomic E-state index is 13.0. The van der Waals surface area contributed by atoms with Gasteiger partial charge in [0.25, 0.3) is 0 Å². The minimum absolute atomic E-state index is 0.264. The Kier molecular flexibility index (Phi) is 5.64. The predicted octanol–water partition coefficient (Wildman–Crippen LogP) is 4.32. The van der Waals surface area contributed by atoms with E-state index in [1.807, 2.05) is 0 Å². The number of nitrogens with one attached hydrogen (secondary N) is 2. The van der Waals surface area contributed by atoms with E-state index in [0.29, 0.717) is 0 Å². The zero-order valence-electron chi connectivity index (χ0n) is 14.0. The maximum Gasteiger partial charge on any atom is 0.337 e. The smallest absolute Gasteiger partial charge is 0.337 e. The fourth-order valence-corrected chi connectivity index (χ4v) is 2.41. The summed E-state index contributed by atoms with van der Waals surface area (Å²) in [6, 6.07) is 9.76. The summed E-state index contributed by atoms with van der Waals surface area (Å²) >= 11 is 6.06. The molecule has 0 saturated carbocycles. The van der Waals surface area contributed by atoms with Crippen molar-refractivity contribution in [2.75, 3.05) is 12.4 Å². The third-order valence-electron chi connectivity index (χ3n) is 3.63. The Labute approximate surface area is 150 Å². The van der Waals surface area contributed by atoms with Crippen LogP contribution in [0.4, 0.5) is 14.9 Å². The molecule has 0 heterocycles. The van der Waals surface area contributed by atoms with E-state index in [1.54, 1.807) is 26.0 Å². The van der Waals surface area contributed by atoms with Gasteiger partial charge in [-0.05, 0) is 49.7 Å². The third kappa shape index (κ3) is 4.70. The summed E-state index contributed by atoms with van der Waals surface area (Å²) in [6.45, 7) is 3.57. The molecule has 0 aliphatic carbocycles. The van der Waals surface area contributed by atoms with Crippen LogP contribution in [0.25, 0.3) is 0 Å². The van der Waals surface area contributed by atoms with Crippen molar-refractivity contribution < 1.29 is 18.7 Å². The van der Waals surface area contributed by atoms with Crippen molar-refractivity contribution in [2.24, 2.45) is 0 Å². The Balaban J connectivity index is 2.14. The molecule has 0 fully saturated rings. The molecule has 0 bridgehead atoms. The molecular formula is C18H18ClFN2O3.